The Morgan fingerprint density at radius 1 is 0.941 bits per heavy atom. The molecule has 0 saturated carbocycles. The van der Waals surface area contributed by atoms with Crippen LogP contribution in [0.2, 0.25) is 0 Å². The summed E-state index contributed by atoms with van der Waals surface area (Å²) in [6.07, 6.45) is 0.279. The minimum Gasteiger partial charge on any atom is -0.508 e. The first kappa shape index (κ1) is 23.9. The quantitative estimate of drug-likeness (QED) is 0.551. The summed E-state index contributed by atoms with van der Waals surface area (Å²) < 4.78 is 27.2. The SMILES string of the molecule is CN(C(=O)C(c1ccc(F)cc1)c1ccc(F)cc1)[C@H](CN1CC[C@H](O)C1)c1ccc(O)cc1. The van der Waals surface area contributed by atoms with Crippen LogP contribution in [-0.4, -0.2) is 58.7 Å². The number of rotatable bonds is 7. The second-order valence-corrected chi connectivity index (χ2v) is 8.79. The molecule has 0 aliphatic carbocycles. The molecule has 0 aromatic heterocycles. The van der Waals surface area contributed by atoms with Gasteiger partial charge in [-0.2, -0.15) is 0 Å². The smallest absolute Gasteiger partial charge is 0.234 e. The third-order valence-electron chi connectivity index (χ3n) is 6.43. The fraction of sp³-hybridized carbons (Fsp3) is 0.296. The fourth-order valence-corrected chi connectivity index (χ4v) is 4.52. The molecule has 34 heavy (non-hydrogen) atoms. The second-order valence-electron chi connectivity index (χ2n) is 8.79. The molecule has 2 N–H and O–H groups in total. The van der Waals surface area contributed by atoms with Gasteiger partial charge in [-0.3, -0.25) is 9.69 Å². The number of aliphatic hydroxyl groups excluding tert-OH is 1. The van der Waals surface area contributed by atoms with Crippen LogP contribution in [0.4, 0.5) is 8.78 Å². The van der Waals surface area contributed by atoms with Crippen molar-refractivity contribution in [3.63, 3.8) is 0 Å². The van der Waals surface area contributed by atoms with E-state index >= 15 is 0 Å². The number of aliphatic hydroxyl groups is 1. The Morgan fingerprint density at radius 2 is 1.44 bits per heavy atom. The summed E-state index contributed by atoms with van der Waals surface area (Å²) in [5.41, 5.74) is 2.05. The molecule has 0 spiro atoms. The van der Waals surface area contributed by atoms with Crippen molar-refractivity contribution in [1.29, 1.82) is 0 Å². The van der Waals surface area contributed by atoms with Crippen molar-refractivity contribution in [2.75, 3.05) is 26.7 Å². The van der Waals surface area contributed by atoms with Crippen molar-refractivity contribution in [2.24, 2.45) is 0 Å². The zero-order chi connectivity index (χ0) is 24.2. The summed E-state index contributed by atoms with van der Waals surface area (Å²) in [5, 5.41) is 19.7. The Bertz CT molecular complexity index is 1060. The molecule has 178 valence electrons. The number of likely N-dealkylation sites (tertiary alicyclic amines) is 1. The Hall–Kier alpha value is -3.29. The van der Waals surface area contributed by atoms with Gasteiger partial charge in [0.25, 0.3) is 0 Å². The monoisotopic (exact) mass is 466 g/mol. The number of benzene rings is 3. The number of hydrogen-bond donors (Lipinski definition) is 2. The van der Waals surface area contributed by atoms with Crippen LogP contribution in [-0.2, 0) is 4.79 Å². The zero-order valence-electron chi connectivity index (χ0n) is 18.9. The highest BCUT2D eigenvalue weighted by Crippen LogP contribution is 2.32. The van der Waals surface area contributed by atoms with E-state index in [0.717, 1.165) is 12.1 Å². The lowest BCUT2D eigenvalue weighted by Crippen LogP contribution is -2.41. The van der Waals surface area contributed by atoms with Gasteiger partial charge < -0.3 is 15.1 Å². The predicted molar refractivity (Wildman–Crippen MR) is 125 cm³/mol. The summed E-state index contributed by atoms with van der Waals surface area (Å²) in [6, 6.07) is 17.9. The number of aromatic hydroxyl groups is 1. The average Bonchev–Trinajstić information content (AvgIpc) is 3.25. The number of phenols is 1. The number of β-amino-alcohol motifs (C(OH)–C–C–N with tert-alkyl or cyclic N) is 1. The van der Waals surface area contributed by atoms with Crippen molar-refractivity contribution >= 4 is 5.91 Å². The lowest BCUT2D eigenvalue weighted by molar-refractivity contribution is -0.133. The Kier molecular flexibility index (Phi) is 7.24. The minimum absolute atomic E-state index is 0.128. The van der Waals surface area contributed by atoms with E-state index in [1.165, 1.54) is 24.3 Å². The summed E-state index contributed by atoms with van der Waals surface area (Å²) >= 11 is 0. The van der Waals surface area contributed by atoms with E-state index in [4.69, 9.17) is 0 Å². The third kappa shape index (κ3) is 5.43. The molecule has 3 aromatic carbocycles. The van der Waals surface area contributed by atoms with Crippen molar-refractivity contribution in [1.82, 2.24) is 9.80 Å². The van der Waals surface area contributed by atoms with Gasteiger partial charge in [0.2, 0.25) is 5.91 Å². The molecule has 2 atom stereocenters. The lowest BCUT2D eigenvalue weighted by atomic mass is 9.89. The van der Waals surface area contributed by atoms with Crippen LogP contribution in [0.1, 0.15) is 35.1 Å². The van der Waals surface area contributed by atoms with Crippen molar-refractivity contribution in [2.45, 2.75) is 24.5 Å². The van der Waals surface area contributed by atoms with E-state index in [1.807, 2.05) is 0 Å². The Balaban J connectivity index is 1.70. The standard InChI is InChI=1S/C27H28F2N2O3/c1-30(25(17-31-15-14-24(33)16-31)18-6-12-23(32)13-7-18)27(34)26(19-2-8-21(28)9-3-19)20-4-10-22(29)11-5-20/h2-13,24-26,32-33H,14-17H2,1H3/t24-,25+/m0/s1. The fourth-order valence-electron chi connectivity index (χ4n) is 4.52. The molecule has 0 unspecified atom stereocenters. The van der Waals surface area contributed by atoms with E-state index < -0.39 is 23.7 Å². The first-order valence-corrected chi connectivity index (χ1v) is 11.3. The number of likely N-dealkylation sites (N-methyl/N-ethyl adjacent to an activating group) is 1. The molecule has 5 nitrogen and oxygen atoms in total. The number of nitrogens with zero attached hydrogens (tertiary/aromatic N) is 2. The van der Waals surface area contributed by atoms with Crippen LogP contribution < -0.4 is 0 Å². The number of phenolic OH excluding ortho intramolecular Hbond substituents is 1. The second kappa shape index (κ2) is 10.3. The molecule has 4 rings (SSSR count). The topological polar surface area (TPSA) is 64.0 Å². The predicted octanol–water partition coefficient (Wildman–Crippen LogP) is 4.07. The van der Waals surface area contributed by atoms with E-state index in [2.05, 4.69) is 4.90 Å². The molecule has 1 saturated heterocycles. The molecule has 3 aromatic rings. The first-order valence-electron chi connectivity index (χ1n) is 11.3. The van der Waals surface area contributed by atoms with E-state index in [1.54, 1.807) is 60.5 Å². The van der Waals surface area contributed by atoms with Gasteiger partial charge in [-0.1, -0.05) is 36.4 Å². The van der Waals surface area contributed by atoms with Crippen molar-refractivity contribution in [3.05, 3.63) is 101 Å². The maximum absolute atomic E-state index is 14.0. The summed E-state index contributed by atoms with van der Waals surface area (Å²) in [7, 11) is 1.71. The van der Waals surface area contributed by atoms with Crippen LogP contribution >= 0.6 is 0 Å². The third-order valence-corrected chi connectivity index (χ3v) is 6.43. The van der Waals surface area contributed by atoms with E-state index in [0.29, 0.717) is 30.6 Å². The molecule has 1 aliphatic rings. The zero-order valence-corrected chi connectivity index (χ0v) is 18.9. The van der Waals surface area contributed by atoms with Crippen molar-refractivity contribution < 1.29 is 23.8 Å². The molecular weight excluding hydrogens is 438 g/mol. The van der Waals surface area contributed by atoms with Gasteiger partial charge in [0.15, 0.2) is 0 Å². The lowest BCUT2D eigenvalue weighted by Gasteiger charge is -2.34. The highest BCUT2D eigenvalue weighted by Gasteiger charge is 2.33. The highest BCUT2D eigenvalue weighted by molar-refractivity contribution is 5.87. The minimum atomic E-state index is -0.755. The van der Waals surface area contributed by atoms with E-state index in [-0.39, 0.29) is 17.7 Å². The first-order chi connectivity index (χ1) is 16.3. The van der Waals surface area contributed by atoms with Crippen molar-refractivity contribution in [3.8, 4) is 5.75 Å². The van der Waals surface area contributed by atoms with Crippen LogP contribution in [0.5, 0.6) is 5.75 Å². The molecular formula is C27H28F2N2O3. The Morgan fingerprint density at radius 3 is 1.91 bits per heavy atom. The Labute approximate surface area is 197 Å². The van der Waals surface area contributed by atoms with Crippen LogP contribution in [0, 0.1) is 11.6 Å². The van der Waals surface area contributed by atoms with Crippen LogP contribution in [0.15, 0.2) is 72.8 Å². The molecule has 1 aliphatic heterocycles. The van der Waals surface area contributed by atoms with Crippen LogP contribution in [0.25, 0.3) is 0 Å². The molecule has 7 heteroatoms. The van der Waals surface area contributed by atoms with Gasteiger partial charge >= 0.3 is 0 Å². The molecule has 0 bridgehead atoms. The average molecular weight is 467 g/mol. The van der Waals surface area contributed by atoms with Crippen LogP contribution in [0.3, 0.4) is 0 Å². The van der Waals surface area contributed by atoms with Gasteiger partial charge in [0, 0.05) is 26.7 Å². The number of carbonyl (C=O) groups excluding carboxylic acids is 1. The summed E-state index contributed by atoms with van der Waals surface area (Å²) in [6.45, 7) is 1.75. The number of amides is 1. The number of halogens is 2. The van der Waals surface area contributed by atoms with Gasteiger partial charge in [-0.05, 0) is 59.5 Å². The normalized spacial score (nSPS) is 17.1. The number of hydrogen-bond acceptors (Lipinski definition) is 4. The largest absolute Gasteiger partial charge is 0.508 e. The molecule has 1 fully saturated rings. The molecule has 1 amide bonds. The van der Waals surface area contributed by atoms with Gasteiger partial charge in [-0.25, -0.2) is 8.78 Å². The molecule has 1 heterocycles. The maximum Gasteiger partial charge on any atom is 0.234 e. The summed E-state index contributed by atoms with van der Waals surface area (Å²) in [5.74, 6) is -1.66. The van der Waals surface area contributed by atoms with E-state index in [9.17, 15) is 23.8 Å². The summed E-state index contributed by atoms with van der Waals surface area (Å²) in [4.78, 5) is 17.7. The highest BCUT2D eigenvalue weighted by atomic mass is 19.1. The van der Waals surface area contributed by atoms with Gasteiger partial charge in [0.05, 0.1) is 18.1 Å². The number of carbonyl (C=O) groups is 1. The maximum atomic E-state index is 14.0. The van der Waals surface area contributed by atoms with Gasteiger partial charge in [-0.15, -0.1) is 0 Å². The van der Waals surface area contributed by atoms with Gasteiger partial charge in [0.1, 0.15) is 17.4 Å². The molecule has 0 radical (unpaired) electrons.